The van der Waals surface area contributed by atoms with Crippen LogP contribution in [0.3, 0.4) is 0 Å². The van der Waals surface area contributed by atoms with Gasteiger partial charge in [-0.2, -0.15) is 0 Å². The summed E-state index contributed by atoms with van der Waals surface area (Å²) in [6.45, 7) is 4.32. The average Bonchev–Trinajstić information content (AvgIpc) is 2.78. The van der Waals surface area contributed by atoms with Gasteiger partial charge >= 0.3 is 0 Å². The van der Waals surface area contributed by atoms with E-state index in [1.165, 1.54) is 42.4 Å². The molecule has 88 valence electrons. The van der Waals surface area contributed by atoms with Gasteiger partial charge in [0.15, 0.2) is 0 Å². The van der Waals surface area contributed by atoms with Crippen LogP contribution in [0.25, 0.3) is 0 Å². The van der Waals surface area contributed by atoms with Gasteiger partial charge in [0.25, 0.3) is 0 Å². The lowest BCUT2D eigenvalue weighted by Gasteiger charge is -2.23. The number of hydrogen-bond donors (Lipinski definition) is 2. The fraction of sp³-hybridized carbons (Fsp3) is 0.571. The van der Waals surface area contributed by atoms with Gasteiger partial charge in [-0.1, -0.05) is 31.0 Å². The number of hydrogen-bond acceptors (Lipinski definition) is 2. The van der Waals surface area contributed by atoms with Crippen LogP contribution in [0.2, 0.25) is 0 Å². The summed E-state index contributed by atoms with van der Waals surface area (Å²) in [6, 6.07) is 7.02. The standard InChI is InChI=1S/C14H22N2/c1-10-7-8-13(9-11(10)2)14(16-15)12-5-3-4-6-12/h7-9,12,14,16H,3-6,15H2,1-2H3. The maximum absolute atomic E-state index is 5.72. The highest BCUT2D eigenvalue weighted by atomic mass is 15.2. The zero-order valence-corrected chi connectivity index (χ0v) is 10.3. The van der Waals surface area contributed by atoms with Gasteiger partial charge in [0.2, 0.25) is 0 Å². The van der Waals surface area contributed by atoms with Crippen molar-refractivity contribution in [1.82, 2.24) is 5.43 Å². The van der Waals surface area contributed by atoms with Crippen molar-refractivity contribution >= 4 is 0 Å². The van der Waals surface area contributed by atoms with Crippen molar-refractivity contribution in [2.24, 2.45) is 11.8 Å². The molecule has 1 aliphatic carbocycles. The van der Waals surface area contributed by atoms with Crippen LogP contribution >= 0.6 is 0 Å². The second-order valence-electron chi connectivity index (χ2n) is 5.03. The summed E-state index contributed by atoms with van der Waals surface area (Å²) in [7, 11) is 0. The topological polar surface area (TPSA) is 38.0 Å². The van der Waals surface area contributed by atoms with Gasteiger partial charge in [0.05, 0.1) is 0 Å². The molecule has 0 aliphatic heterocycles. The van der Waals surface area contributed by atoms with Crippen LogP contribution in [0, 0.1) is 19.8 Å². The van der Waals surface area contributed by atoms with Gasteiger partial charge in [-0.3, -0.25) is 11.3 Å². The largest absolute Gasteiger partial charge is 0.271 e. The quantitative estimate of drug-likeness (QED) is 0.604. The molecule has 0 radical (unpaired) electrons. The molecule has 3 N–H and O–H groups in total. The molecule has 1 unspecified atom stereocenters. The van der Waals surface area contributed by atoms with Crippen molar-refractivity contribution in [3.63, 3.8) is 0 Å². The number of hydrazine groups is 1. The van der Waals surface area contributed by atoms with Crippen LogP contribution in [-0.4, -0.2) is 0 Å². The summed E-state index contributed by atoms with van der Waals surface area (Å²) in [4.78, 5) is 0. The van der Waals surface area contributed by atoms with Gasteiger partial charge in [-0.25, -0.2) is 0 Å². The van der Waals surface area contributed by atoms with Crippen LogP contribution < -0.4 is 11.3 Å². The molecule has 1 saturated carbocycles. The van der Waals surface area contributed by atoms with Gasteiger partial charge < -0.3 is 0 Å². The highest BCUT2D eigenvalue weighted by Crippen LogP contribution is 2.35. The lowest BCUT2D eigenvalue weighted by molar-refractivity contribution is 0.373. The summed E-state index contributed by atoms with van der Waals surface area (Å²) in [5.74, 6) is 6.44. The minimum atomic E-state index is 0.335. The zero-order chi connectivity index (χ0) is 11.5. The molecule has 2 nitrogen and oxygen atoms in total. The Morgan fingerprint density at radius 3 is 2.44 bits per heavy atom. The van der Waals surface area contributed by atoms with Crippen molar-refractivity contribution in [2.75, 3.05) is 0 Å². The number of rotatable bonds is 3. The molecule has 0 amide bonds. The van der Waals surface area contributed by atoms with Gasteiger partial charge in [-0.05, 0) is 49.3 Å². The molecule has 1 aromatic carbocycles. The van der Waals surface area contributed by atoms with E-state index in [9.17, 15) is 0 Å². The minimum absolute atomic E-state index is 0.335. The van der Waals surface area contributed by atoms with Crippen LogP contribution in [0.5, 0.6) is 0 Å². The fourth-order valence-electron chi connectivity index (χ4n) is 2.75. The second kappa shape index (κ2) is 4.98. The molecule has 1 fully saturated rings. The first-order chi connectivity index (χ1) is 7.72. The third-order valence-electron chi connectivity index (χ3n) is 3.94. The normalized spacial score (nSPS) is 18.9. The Labute approximate surface area is 98.2 Å². The van der Waals surface area contributed by atoms with Crippen LogP contribution in [0.15, 0.2) is 18.2 Å². The van der Waals surface area contributed by atoms with Gasteiger partial charge in [0, 0.05) is 6.04 Å². The maximum atomic E-state index is 5.72. The van der Waals surface area contributed by atoms with Crippen molar-refractivity contribution in [3.05, 3.63) is 34.9 Å². The highest BCUT2D eigenvalue weighted by Gasteiger charge is 2.25. The summed E-state index contributed by atoms with van der Waals surface area (Å²) >= 11 is 0. The Balaban J connectivity index is 2.22. The van der Waals surface area contributed by atoms with E-state index in [-0.39, 0.29) is 0 Å². The van der Waals surface area contributed by atoms with Gasteiger partial charge in [0.1, 0.15) is 0 Å². The summed E-state index contributed by atoms with van der Waals surface area (Å²) in [6.07, 6.45) is 5.32. The van der Waals surface area contributed by atoms with Crippen LogP contribution in [0.4, 0.5) is 0 Å². The number of nitrogens with two attached hydrogens (primary N) is 1. The Morgan fingerprint density at radius 1 is 1.19 bits per heavy atom. The molecule has 1 atom stereocenters. The summed E-state index contributed by atoms with van der Waals surface area (Å²) in [5.41, 5.74) is 7.06. The van der Waals surface area contributed by atoms with E-state index in [1.807, 2.05) is 0 Å². The van der Waals surface area contributed by atoms with Gasteiger partial charge in [-0.15, -0.1) is 0 Å². The predicted octanol–water partition coefficient (Wildman–Crippen LogP) is 3.00. The Morgan fingerprint density at radius 2 is 1.88 bits per heavy atom. The van der Waals surface area contributed by atoms with Crippen molar-refractivity contribution in [3.8, 4) is 0 Å². The molecule has 16 heavy (non-hydrogen) atoms. The Bertz CT molecular complexity index is 354. The molecule has 0 heterocycles. The summed E-state index contributed by atoms with van der Waals surface area (Å²) in [5, 5.41) is 0. The number of nitrogens with one attached hydrogen (secondary N) is 1. The SMILES string of the molecule is Cc1ccc(C(NN)C2CCCC2)cc1C. The van der Waals surface area contributed by atoms with Crippen LogP contribution in [0.1, 0.15) is 48.4 Å². The second-order valence-corrected chi connectivity index (χ2v) is 5.03. The maximum Gasteiger partial charge on any atom is 0.0488 e. The molecule has 2 heteroatoms. The molecule has 0 saturated heterocycles. The molecule has 2 rings (SSSR count). The average molecular weight is 218 g/mol. The van der Waals surface area contributed by atoms with E-state index in [0.29, 0.717) is 12.0 Å². The van der Waals surface area contributed by atoms with E-state index in [2.05, 4.69) is 37.5 Å². The van der Waals surface area contributed by atoms with Crippen molar-refractivity contribution in [2.45, 2.75) is 45.6 Å². The zero-order valence-electron chi connectivity index (χ0n) is 10.3. The molecule has 1 aromatic rings. The van der Waals surface area contributed by atoms with Crippen molar-refractivity contribution < 1.29 is 0 Å². The molecular formula is C14H22N2. The Kier molecular flexibility index (Phi) is 3.62. The van der Waals surface area contributed by atoms with E-state index >= 15 is 0 Å². The third-order valence-corrected chi connectivity index (χ3v) is 3.94. The first-order valence-corrected chi connectivity index (χ1v) is 6.25. The Hall–Kier alpha value is -0.860. The van der Waals surface area contributed by atoms with E-state index in [4.69, 9.17) is 5.84 Å². The molecular weight excluding hydrogens is 196 g/mol. The molecule has 1 aliphatic rings. The predicted molar refractivity (Wildman–Crippen MR) is 67.9 cm³/mol. The first kappa shape index (κ1) is 11.6. The lowest BCUT2D eigenvalue weighted by Crippen LogP contribution is -2.32. The number of benzene rings is 1. The molecule has 0 bridgehead atoms. The van der Waals surface area contributed by atoms with E-state index < -0.39 is 0 Å². The third kappa shape index (κ3) is 2.28. The van der Waals surface area contributed by atoms with Crippen molar-refractivity contribution in [1.29, 1.82) is 0 Å². The first-order valence-electron chi connectivity index (χ1n) is 6.25. The summed E-state index contributed by atoms with van der Waals surface area (Å²) < 4.78 is 0. The molecule has 0 spiro atoms. The van der Waals surface area contributed by atoms with E-state index in [0.717, 1.165) is 0 Å². The lowest BCUT2D eigenvalue weighted by atomic mass is 9.90. The smallest absolute Gasteiger partial charge is 0.0488 e. The minimum Gasteiger partial charge on any atom is -0.271 e. The fourth-order valence-corrected chi connectivity index (χ4v) is 2.75. The van der Waals surface area contributed by atoms with E-state index in [1.54, 1.807) is 0 Å². The van der Waals surface area contributed by atoms with Crippen LogP contribution in [-0.2, 0) is 0 Å². The highest BCUT2D eigenvalue weighted by molar-refractivity contribution is 5.32. The number of aryl methyl sites for hydroxylation is 2. The molecule has 0 aromatic heterocycles. The monoisotopic (exact) mass is 218 g/mol.